The largest absolute Gasteiger partial charge is 0.351 e. The number of hydrogen-bond acceptors (Lipinski definition) is 2. The van der Waals surface area contributed by atoms with E-state index in [2.05, 4.69) is 33.5 Å². The van der Waals surface area contributed by atoms with Crippen molar-refractivity contribution in [1.82, 2.24) is 10.6 Å². The molecule has 0 aliphatic heterocycles. The van der Waals surface area contributed by atoms with E-state index in [-0.39, 0.29) is 18.3 Å². The highest BCUT2D eigenvalue weighted by molar-refractivity contribution is 9.10. The Bertz CT molecular complexity index is 388. The molecule has 0 aromatic heterocycles. The number of hydrogen-bond donors (Lipinski definition) is 2. The monoisotopic (exact) mass is 354 g/mol. The highest BCUT2D eigenvalue weighted by atomic mass is 79.9. The summed E-state index contributed by atoms with van der Waals surface area (Å²) < 4.78 is 0.751. The lowest BCUT2D eigenvalue weighted by Gasteiger charge is -2.07. The van der Waals surface area contributed by atoms with Crippen LogP contribution in [0.15, 0.2) is 22.7 Å². The summed E-state index contributed by atoms with van der Waals surface area (Å²) in [7, 11) is 0. The molecule has 0 saturated heterocycles. The fraction of sp³-hybridized carbons (Fsp3) is 0.417. The van der Waals surface area contributed by atoms with E-state index in [1.165, 1.54) is 0 Å². The maximum Gasteiger partial charge on any atom is 0.252 e. The van der Waals surface area contributed by atoms with Gasteiger partial charge in [-0.2, -0.15) is 0 Å². The van der Waals surface area contributed by atoms with Crippen LogP contribution in [0.25, 0.3) is 0 Å². The van der Waals surface area contributed by atoms with E-state index in [0.717, 1.165) is 24.0 Å². The summed E-state index contributed by atoms with van der Waals surface area (Å²) >= 11 is 9.18. The zero-order valence-corrected chi connectivity index (χ0v) is 13.3. The predicted octanol–water partition coefficient (Wildman–Crippen LogP) is 3.25. The van der Waals surface area contributed by atoms with Gasteiger partial charge in [-0.1, -0.05) is 18.5 Å². The summed E-state index contributed by atoms with van der Waals surface area (Å²) in [4.78, 5) is 11.8. The summed E-state index contributed by atoms with van der Waals surface area (Å²) in [6, 6.07) is 5.16. The molecule has 0 spiro atoms. The first-order valence-electron chi connectivity index (χ1n) is 5.59. The highest BCUT2D eigenvalue weighted by Crippen LogP contribution is 2.20. The van der Waals surface area contributed by atoms with Gasteiger partial charge in [-0.05, 0) is 47.1 Å². The molecular formula is C12H17BrCl2N2O. The Kier molecular flexibility index (Phi) is 9.46. The highest BCUT2D eigenvalue weighted by Gasteiger charge is 2.09. The van der Waals surface area contributed by atoms with Crippen LogP contribution in [-0.4, -0.2) is 25.5 Å². The molecule has 1 aromatic rings. The van der Waals surface area contributed by atoms with Crippen LogP contribution in [0, 0.1) is 0 Å². The van der Waals surface area contributed by atoms with Crippen molar-refractivity contribution < 1.29 is 4.79 Å². The van der Waals surface area contributed by atoms with Crippen molar-refractivity contribution in [1.29, 1.82) is 0 Å². The Morgan fingerprint density at radius 3 is 2.72 bits per heavy atom. The van der Waals surface area contributed by atoms with Gasteiger partial charge in [0.05, 0.1) is 5.56 Å². The molecule has 1 aromatic carbocycles. The molecule has 0 atom stereocenters. The molecule has 2 N–H and O–H groups in total. The van der Waals surface area contributed by atoms with Gasteiger partial charge in [0.15, 0.2) is 0 Å². The van der Waals surface area contributed by atoms with Gasteiger partial charge in [-0.15, -0.1) is 12.4 Å². The molecule has 0 fully saturated rings. The van der Waals surface area contributed by atoms with Gasteiger partial charge in [0, 0.05) is 22.6 Å². The van der Waals surface area contributed by atoms with E-state index in [0.29, 0.717) is 17.1 Å². The number of carbonyl (C=O) groups excluding carboxylic acids is 1. The molecule has 0 unspecified atom stereocenters. The van der Waals surface area contributed by atoms with Crippen LogP contribution < -0.4 is 10.6 Å². The van der Waals surface area contributed by atoms with Crippen molar-refractivity contribution in [3.05, 3.63) is 33.3 Å². The van der Waals surface area contributed by atoms with E-state index in [9.17, 15) is 4.79 Å². The molecule has 0 heterocycles. The molecule has 1 amide bonds. The fourth-order valence-electron chi connectivity index (χ4n) is 1.33. The van der Waals surface area contributed by atoms with Gasteiger partial charge in [0.25, 0.3) is 5.91 Å². The number of amides is 1. The lowest BCUT2D eigenvalue weighted by molar-refractivity contribution is 0.0953. The van der Waals surface area contributed by atoms with Gasteiger partial charge < -0.3 is 10.6 Å². The molecule has 1 rings (SSSR count). The SMILES string of the molecule is CCCNCCNC(=O)c1cc(Cl)ccc1Br.Cl. The van der Waals surface area contributed by atoms with Crippen LogP contribution in [0.4, 0.5) is 0 Å². The average molecular weight is 356 g/mol. The van der Waals surface area contributed by atoms with Gasteiger partial charge in [-0.25, -0.2) is 0 Å². The topological polar surface area (TPSA) is 41.1 Å². The summed E-state index contributed by atoms with van der Waals surface area (Å²) in [5, 5.41) is 6.61. The molecule has 0 aliphatic carbocycles. The van der Waals surface area contributed by atoms with Crippen molar-refractivity contribution in [2.45, 2.75) is 13.3 Å². The first-order chi connectivity index (χ1) is 8.15. The first kappa shape index (κ1) is 17.7. The maximum atomic E-state index is 11.8. The molecule has 0 saturated carbocycles. The number of benzene rings is 1. The Balaban J connectivity index is 0.00000289. The lowest BCUT2D eigenvalue weighted by atomic mass is 10.2. The van der Waals surface area contributed by atoms with Gasteiger partial charge in [-0.3, -0.25) is 4.79 Å². The van der Waals surface area contributed by atoms with Crippen LogP contribution in [0.1, 0.15) is 23.7 Å². The minimum absolute atomic E-state index is 0. The Labute approximate surface area is 127 Å². The van der Waals surface area contributed by atoms with Crippen molar-refractivity contribution >= 4 is 45.8 Å². The second-order valence-corrected chi connectivity index (χ2v) is 4.92. The smallest absolute Gasteiger partial charge is 0.252 e. The fourth-order valence-corrected chi connectivity index (χ4v) is 1.93. The average Bonchev–Trinajstić information content (AvgIpc) is 2.32. The van der Waals surface area contributed by atoms with Crippen LogP contribution >= 0.6 is 39.9 Å². The minimum Gasteiger partial charge on any atom is -0.351 e. The predicted molar refractivity (Wildman–Crippen MR) is 81.9 cm³/mol. The zero-order valence-electron chi connectivity index (χ0n) is 10.1. The second-order valence-electron chi connectivity index (χ2n) is 3.63. The van der Waals surface area contributed by atoms with E-state index in [1.54, 1.807) is 18.2 Å². The van der Waals surface area contributed by atoms with Crippen LogP contribution in [-0.2, 0) is 0 Å². The maximum absolute atomic E-state index is 11.8. The van der Waals surface area contributed by atoms with Crippen molar-refractivity contribution in [3.63, 3.8) is 0 Å². The third-order valence-corrected chi connectivity index (χ3v) is 3.11. The van der Waals surface area contributed by atoms with Crippen LogP contribution in [0.5, 0.6) is 0 Å². The molecule has 6 heteroatoms. The van der Waals surface area contributed by atoms with Gasteiger partial charge in [0.2, 0.25) is 0 Å². The van der Waals surface area contributed by atoms with Crippen molar-refractivity contribution in [2.24, 2.45) is 0 Å². The molecule has 0 radical (unpaired) electrons. The lowest BCUT2D eigenvalue weighted by Crippen LogP contribution is -2.32. The van der Waals surface area contributed by atoms with Crippen molar-refractivity contribution in [2.75, 3.05) is 19.6 Å². The molecule has 102 valence electrons. The number of halogens is 3. The quantitative estimate of drug-likeness (QED) is 0.769. The molecule has 3 nitrogen and oxygen atoms in total. The van der Waals surface area contributed by atoms with Crippen LogP contribution in [0.2, 0.25) is 5.02 Å². The molecule has 18 heavy (non-hydrogen) atoms. The van der Waals surface area contributed by atoms with E-state index < -0.39 is 0 Å². The normalized spacial score (nSPS) is 9.72. The number of nitrogens with one attached hydrogen (secondary N) is 2. The molecular weight excluding hydrogens is 339 g/mol. The summed E-state index contributed by atoms with van der Waals surface area (Å²) in [6.07, 6.45) is 1.09. The summed E-state index contributed by atoms with van der Waals surface area (Å²) in [5.74, 6) is -0.113. The molecule has 0 bridgehead atoms. The Hall–Kier alpha value is -0.290. The zero-order chi connectivity index (χ0) is 12.7. The van der Waals surface area contributed by atoms with Gasteiger partial charge in [0.1, 0.15) is 0 Å². The van der Waals surface area contributed by atoms with E-state index in [4.69, 9.17) is 11.6 Å². The summed E-state index contributed by atoms with van der Waals surface area (Å²) in [6.45, 7) is 4.46. The third kappa shape index (κ3) is 6.05. The van der Waals surface area contributed by atoms with Gasteiger partial charge >= 0.3 is 0 Å². The number of rotatable bonds is 6. The van der Waals surface area contributed by atoms with Crippen molar-refractivity contribution in [3.8, 4) is 0 Å². The standard InChI is InChI=1S/C12H16BrClN2O.ClH/c1-2-5-15-6-7-16-12(17)10-8-9(14)3-4-11(10)13;/h3-4,8,15H,2,5-7H2,1H3,(H,16,17);1H. The second kappa shape index (κ2) is 9.62. The minimum atomic E-state index is -0.113. The number of carbonyl (C=O) groups is 1. The van der Waals surface area contributed by atoms with E-state index >= 15 is 0 Å². The van der Waals surface area contributed by atoms with Crippen LogP contribution in [0.3, 0.4) is 0 Å². The molecule has 0 aliphatic rings. The third-order valence-electron chi connectivity index (χ3n) is 2.19. The first-order valence-corrected chi connectivity index (χ1v) is 6.76. The van der Waals surface area contributed by atoms with E-state index in [1.807, 2.05) is 0 Å². The Morgan fingerprint density at radius 2 is 2.06 bits per heavy atom. The Morgan fingerprint density at radius 1 is 1.33 bits per heavy atom. The summed E-state index contributed by atoms with van der Waals surface area (Å²) in [5.41, 5.74) is 0.563.